The second-order valence-electron chi connectivity index (χ2n) is 6.39. The van der Waals surface area contributed by atoms with Crippen molar-refractivity contribution in [1.82, 2.24) is 9.99 Å². The second kappa shape index (κ2) is 8.39. The normalized spacial score (nSPS) is 11.3. The van der Waals surface area contributed by atoms with E-state index in [9.17, 15) is 0 Å². The quantitative estimate of drug-likeness (QED) is 0.371. The van der Waals surface area contributed by atoms with Gasteiger partial charge in [0.1, 0.15) is 0 Å². The van der Waals surface area contributed by atoms with E-state index in [4.69, 9.17) is 34.8 Å². The lowest BCUT2D eigenvalue weighted by molar-refractivity contribution is 0.748. The molecule has 0 radical (unpaired) electrons. The van der Waals surface area contributed by atoms with Crippen molar-refractivity contribution in [2.45, 2.75) is 27.3 Å². The SMILES string of the molecule is Cc1ccc(Cl)cc1-n1c(C)cc(/C=N\NCc2c(Cl)cccc2Cl)c1C. The van der Waals surface area contributed by atoms with Crippen molar-refractivity contribution in [2.75, 3.05) is 0 Å². The maximum Gasteiger partial charge on any atom is 0.0609 e. The number of aryl methyl sites for hydroxylation is 2. The number of halogens is 3. The molecule has 0 aliphatic carbocycles. The van der Waals surface area contributed by atoms with Gasteiger partial charge in [0.25, 0.3) is 0 Å². The summed E-state index contributed by atoms with van der Waals surface area (Å²) in [7, 11) is 0. The number of hydrogen-bond donors (Lipinski definition) is 1. The summed E-state index contributed by atoms with van der Waals surface area (Å²) >= 11 is 18.6. The number of nitrogens with one attached hydrogen (secondary N) is 1. The van der Waals surface area contributed by atoms with Crippen molar-refractivity contribution < 1.29 is 0 Å². The molecule has 0 saturated carbocycles. The zero-order valence-electron chi connectivity index (χ0n) is 15.4. The molecule has 0 aliphatic rings. The van der Waals surface area contributed by atoms with Crippen LogP contribution in [0, 0.1) is 20.8 Å². The molecule has 2 aromatic carbocycles. The minimum Gasteiger partial charge on any atom is -0.318 e. The van der Waals surface area contributed by atoms with Crippen LogP contribution in [0.25, 0.3) is 5.69 Å². The fourth-order valence-corrected chi connectivity index (χ4v) is 3.75. The third kappa shape index (κ3) is 4.32. The molecule has 0 saturated heterocycles. The minimum atomic E-state index is 0.459. The summed E-state index contributed by atoms with van der Waals surface area (Å²) in [4.78, 5) is 0. The van der Waals surface area contributed by atoms with E-state index >= 15 is 0 Å². The van der Waals surface area contributed by atoms with Crippen LogP contribution in [-0.2, 0) is 6.54 Å². The Bertz CT molecular complexity index is 986. The van der Waals surface area contributed by atoms with Gasteiger partial charge in [0, 0.05) is 43.3 Å². The molecule has 27 heavy (non-hydrogen) atoms. The van der Waals surface area contributed by atoms with Crippen molar-refractivity contribution in [3.8, 4) is 5.69 Å². The highest BCUT2D eigenvalue weighted by Gasteiger charge is 2.12. The van der Waals surface area contributed by atoms with Gasteiger partial charge in [0.2, 0.25) is 0 Å². The van der Waals surface area contributed by atoms with Crippen LogP contribution in [0.1, 0.15) is 28.1 Å². The predicted octanol–water partition coefficient (Wildman–Crippen LogP) is 6.49. The molecule has 1 aromatic heterocycles. The van der Waals surface area contributed by atoms with E-state index < -0.39 is 0 Å². The number of aromatic nitrogens is 1. The van der Waals surface area contributed by atoms with Crippen molar-refractivity contribution in [2.24, 2.45) is 5.10 Å². The molecule has 3 aromatic rings. The molecule has 1 heterocycles. The lowest BCUT2D eigenvalue weighted by atomic mass is 10.2. The maximum atomic E-state index is 6.19. The summed E-state index contributed by atoms with van der Waals surface area (Å²) in [5.41, 5.74) is 9.34. The number of benzene rings is 2. The summed E-state index contributed by atoms with van der Waals surface area (Å²) in [5.74, 6) is 0. The fourth-order valence-electron chi connectivity index (χ4n) is 3.05. The average Bonchev–Trinajstić information content (AvgIpc) is 2.90. The van der Waals surface area contributed by atoms with Crippen molar-refractivity contribution in [1.29, 1.82) is 0 Å². The first-order valence-corrected chi connectivity index (χ1v) is 9.66. The second-order valence-corrected chi connectivity index (χ2v) is 7.64. The van der Waals surface area contributed by atoms with E-state index in [0.717, 1.165) is 38.8 Å². The van der Waals surface area contributed by atoms with Gasteiger partial charge in [0.15, 0.2) is 0 Å². The van der Waals surface area contributed by atoms with Crippen molar-refractivity contribution in [3.05, 3.63) is 85.6 Å². The molecule has 3 rings (SSSR count). The van der Waals surface area contributed by atoms with Gasteiger partial charge < -0.3 is 9.99 Å². The Morgan fingerprint density at radius 3 is 2.41 bits per heavy atom. The van der Waals surface area contributed by atoms with E-state index in [1.54, 1.807) is 0 Å². The summed E-state index contributed by atoms with van der Waals surface area (Å²) in [6, 6.07) is 13.5. The molecule has 1 N–H and O–H groups in total. The molecule has 3 nitrogen and oxygen atoms in total. The lowest BCUT2D eigenvalue weighted by Crippen LogP contribution is -2.07. The molecule has 140 valence electrons. The highest BCUT2D eigenvalue weighted by atomic mass is 35.5. The van der Waals surface area contributed by atoms with Crippen LogP contribution in [0.2, 0.25) is 15.1 Å². The van der Waals surface area contributed by atoms with Gasteiger partial charge in [-0.05, 0) is 56.7 Å². The van der Waals surface area contributed by atoms with Crippen LogP contribution < -0.4 is 5.43 Å². The zero-order chi connectivity index (χ0) is 19.6. The van der Waals surface area contributed by atoms with Crippen LogP contribution >= 0.6 is 34.8 Å². The van der Waals surface area contributed by atoms with Gasteiger partial charge in [-0.1, -0.05) is 46.9 Å². The Kier molecular flexibility index (Phi) is 6.15. The number of rotatable bonds is 5. The standard InChI is InChI=1S/C21H20Cl3N3/c1-13-7-8-17(22)10-21(13)27-14(2)9-16(15(27)3)11-25-26-12-18-19(23)5-4-6-20(18)24/h4-11,26H,12H2,1-3H3/b25-11-. The Balaban J connectivity index is 1.81. The van der Waals surface area contributed by atoms with Crippen LogP contribution in [0.4, 0.5) is 0 Å². The lowest BCUT2D eigenvalue weighted by Gasteiger charge is -2.13. The summed E-state index contributed by atoms with van der Waals surface area (Å²) in [6.07, 6.45) is 1.81. The van der Waals surface area contributed by atoms with Crippen LogP contribution in [0.3, 0.4) is 0 Å². The summed E-state index contributed by atoms with van der Waals surface area (Å²) in [5, 5.41) is 6.31. The van der Waals surface area contributed by atoms with Gasteiger partial charge in [-0.15, -0.1) is 0 Å². The Morgan fingerprint density at radius 1 is 1.00 bits per heavy atom. The van der Waals surface area contributed by atoms with Gasteiger partial charge >= 0.3 is 0 Å². The smallest absolute Gasteiger partial charge is 0.0609 e. The van der Waals surface area contributed by atoms with Crippen LogP contribution in [-0.4, -0.2) is 10.8 Å². The van der Waals surface area contributed by atoms with Crippen molar-refractivity contribution >= 4 is 41.0 Å². The first-order valence-electron chi connectivity index (χ1n) is 8.52. The fraction of sp³-hybridized carbons (Fsp3) is 0.190. The molecular formula is C21H20Cl3N3. The largest absolute Gasteiger partial charge is 0.318 e. The highest BCUT2D eigenvalue weighted by Crippen LogP contribution is 2.26. The third-order valence-electron chi connectivity index (χ3n) is 4.49. The van der Waals surface area contributed by atoms with E-state index in [1.807, 2.05) is 42.6 Å². The first kappa shape index (κ1) is 19.8. The van der Waals surface area contributed by atoms with Crippen LogP contribution in [0.15, 0.2) is 47.6 Å². The number of nitrogens with zero attached hydrogens (tertiary/aromatic N) is 2. The molecule has 0 amide bonds. The monoisotopic (exact) mass is 419 g/mol. The van der Waals surface area contributed by atoms with Gasteiger partial charge in [-0.3, -0.25) is 0 Å². The predicted molar refractivity (Wildman–Crippen MR) is 116 cm³/mol. The Hall–Kier alpha value is -1.94. The van der Waals surface area contributed by atoms with E-state index in [1.165, 1.54) is 0 Å². The van der Waals surface area contributed by atoms with Gasteiger partial charge in [0.05, 0.1) is 12.8 Å². The molecule has 0 unspecified atom stereocenters. The van der Waals surface area contributed by atoms with E-state index in [2.05, 4.69) is 41.9 Å². The third-order valence-corrected chi connectivity index (χ3v) is 5.44. The van der Waals surface area contributed by atoms with Crippen LogP contribution in [0.5, 0.6) is 0 Å². The molecule has 0 aliphatic heterocycles. The van der Waals surface area contributed by atoms with E-state index in [-0.39, 0.29) is 0 Å². The number of hydrazone groups is 1. The first-order chi connectivity index (χ1) is 12.9. The topological polar surface area (TPSA) is 29.3 Å². The molecule has 0 bridgehead atoms. The molecule has 0 spiro atoms. The Morgan fingerprint density at radius 2 is 1.70 bits per heavy atom. The molecular weight excluding hydrogens is 401 g/mol. The summed E-state index contributed by atoms with van der Waals surface area (Å²) in [6.45, 7) is 6.68. The number of hydrogen-bond acceptors (Lipinski definition) is 2. The maximum absolute atomic E-state index is 6.19. The highest BCUT2D eigenvalue weighted by molar-refractivity contribution is 6.36. The zero-order valence-corrected chi connectivity index (χ0v) is 17.6. The Labute approximate surface area is 174 Å². The van der Waals surface area contributed by atoms with Gasteiger partial charge in [-0.25, -0.2) is 0 Å². The minimum absolute atomic E-state index is 0.459. The summed E-state index contributed by atoms with van der Waals surface area (Å²) < 4.78 is 2.19. The van der Waals surface area contributed by atoms with E-state index in [0.29, 0.717) is 16.6 Å². The van der Waals surface area contributed by atoms with Crippen molar-refractivity contribution in [3.63, 3.8) is 0 Å². The molecule has 0 fully saturated rings. The molecule has 6 heteroatoms. The average molecular weight is 421 g/mol. The van der Waals surface area contributed by atoms with Gasteiger partial charge in [-0.2, -0.15) is 5.10 Å². The molecule has 0 atom stereocenters.